The summed E-state index contributed by atoms with van der Waals surface area (Å²) in [7, 11) is 0. The molecular weight excluding hydrogens is 321 g/mol. The van der Waals surface area contributed by atoms with Crippen LogP contribution < -0.4 is 5.73 Å². The average molecular weight is 340 g/mol. The summed E-state index contributed by atoms with van der Waals surface area (Å²) in [5, 5.41) is 0. The van der Waals surface area contributed by atoms with Crippen LogP contribution >= 0.6 is 15.9 Å². The number of rotatable bonds is 4. The van der Waals surface area contributed by atoms with Crippen molar-refractivity contribution in [1.29, 1.82) is 0 Å². The van der Waals surface area contributed by atoms with E-state index in [1.807, 2.05) is 0 Å². The molecule has 20 heavy (non-hydrogen) atoms. The van der Waals surface area contributed by atoms with E-state index in [1.54, 1.807) is 12.1 Å². The molecule has 0 bridgehead atoms. The van der Waals surface area contributed by atoms with E-state index in [4.69, 9.17) is 5.73 Å². The molecule has 0 radical (unpaired) electrons. The van der Waals surface area contributed by atoms with E-state index < -0.39 is 0 Å². The Labute approximate surface area is 127 Å². The van der Waals surface area contributed by atoms with Crippen molar-refractivity contribution in [2.45, 2.75) is 39.7 Å². The van der Waals surface area contributed by atoms with Gasteiger partial charge >= 0.3 is 0 Å². The van der Waals surface area contributed by atoms with Gasteiger partial charge in [-0.3, -0.25) is 0 Å². The fraction of sp³-hybridized carbons (Fsp3) is 0.400. The lowest BCUT2D eigenvalue weighted by Crippen LogP contribution is -2.08. The minimum absolute atomic E-state index is 0.288. The molecule has 0 spiro atoms. The molecule has 0 amide bonds. The summed E-state index contributed by atoms with van der Waals surface area (Å²) in [5.41, 5.74) is 7.79. The fourth-order valence-corrected chi connectivity index (χ4v) is 2.62. The van der Waals surface area contributed by atoms with Crippen LogP contribution in [-0.4, -0.2) is 9.55 Å². The van der Waals surface area contributed by atoms with Gasteiger partial charge in [-0.05, 0) is 40.5 Å². The number of halogens is 2. The van der Waals surface area contributed by atoms with Gasteiger partial charge in [-0.15, -0.1) is 0 Å². The first-order chi connectivity index (χ1) is 9.45. The number of nitrogen functional groups attached to an aromatic ring is 1. The molecule has 1 aromatic heterocycles. The zero-order valence-corrected chi connectivity index (χ0v) is 13.5. The predicted molar refractivity (Wildman–Crippen MR) is 84.1 cm³/mol. The second kappa shape index (κ2) is 5.95. The summed E-state index contributed by atoms with van der Waals surface area (Å²) in [6.07, 6.45) is 0.993. The average Bonchev–Trinajstić information content (AvgIpc) is 2.72. The topological polar surface area (TPSA) is 43.8 Å². The molecule has 0 saturated heterocycles. The zero-order valence-electron chi connectivity index (χ0n) is 12.0. The van der Waals surface area contributed by atoms with Crippen molar-refractivity contribution >= 4 is 21.7 Å². The highest BCUT2D eigenvalue weighted by Gasteiger charge is 2.18. The quantitative estimate of drug-likeness (QED) is 0.886. The maximum absolute atomic E-state index is 13.3. The van der Waals surface area contributed by atoms with E-state index in [1.165, 1.54) is 6.07 Å². The lowest BCUT2D eigenvalue weighted by molar-refractivity contribution is 0.616. The molecule has 0 aliphatic heterocycles. The lowest BCUT2D eigenvalue weighted by atomic mass is 10.1. The summed E-state index contributed by atoms with van der Waals surface area (Å²) >= 11 is 3.20. The maximum atomic E-state index is 13.3. The van der Waals surface area contributed by atoms with Gasteiger partial charge in [-0.2, -0.15) is 0 Å². The Bertz CT molecular complexity index is 620. The van der Waals surface area contributed by atoms with Gasteiger partial charge in [-0.25, -0.2) is 9.37 Å². The highest BCUT2D eigenvalue weighted by molar-refractivity contribution is 9.10. The van der Waals surface area contributed by atoms with Gasteiger partial charge in [0, 0.05) is 18.0 Å². The van der Waals surface area contributed by atoms with Crippen molar-refractivity contribution in [3.05, 3.63) is 34.3 Å². The molecule has 2 aromatic rings. The van der Waals surface area contributed by atoms with Crippen LogP contribution in [0.3, 0.4) is 0 Å². The first-order valence-corrected chi connectivity index (χ1v) is 7.56. The number of imidazole rings is 1. The molecule has 0 aliphatic carbocycles. The highest BCUT2D eigenvalue weighted by Crippen LogP contribution is 2.31. The monoisotopic (exact) mass is 339 g/mol. The van der Waals surface area contributed by atoms with Crippen LogP contribution in [-0.2, 0) is 6.54 Å². The van der Waals surface area contributed by atoms with E-state index in [0.717, 1.165) is 30.0 Å². The van der Waals surface area contributed by atoms with Crippen molar-refractivity contribution in [2.75, 3.05) is 5.73 Å². The number of nitrogens with zero attached hydrogens (tertiary/aromatic N) is 2. The Morgan fingerprint density at radius 1 is 1.40 bits per heavy atom. The summed E-state index contributed by atoms with van der Waals surface area (Å²) < 4.78 is 15.8. The second-order valence-electron chi connectivity index (χ2n) is 5.14. The number of aromatic nitrogens is 2. The van der Waals surface area contributed by atoms with Gasteiger partial charge in [0.25, 0.3) is 0 Å². The normalized spacial score (nSPS) is 11.3. The third kappa shape index (κ3) is 2.73. The van der Waals surface area contributed by atoms with Gasteiger partial charge in [0.15, 0.2) is 0 Å². The fourth-order valence-electron chi connectivity index (χ4n) is 2.24. The highest BCUT2D eigenvalue weighted by atomic mass is 79.9. The molecule has 0 saturated carbocycles. The molecule has 0 fully saturated rings. The van der Waals surface area contributed by atoms with Gasteiger partial charge in [0.1, 0.15) is 23.2 Å². The minimum atomic E-state index is -0.288. The van der Waals surface area contributed by atoms with Gasteiger partial charge in [0.05, 0.1) is 4.47 Å². The molecule has 2 N–H and O–H groups in total. The molecule has 5 heteroatoms. The summed E-state index contributed by atoms with van der Waals surface area (Å²) in [5.74, 6) is 1.62. The van der Waals surface area contributed by atoms with Crippen molar-refractivity contribution in [1.82, 2.24) is 9.55 Å². The first kappa shape index (κ1) is 15.0. The molecule has 0 aliphatic rings. The molecule has 0 atom stereocenters. The van der Waals surface area contributed by atoms with Crippen LogP contribution in [0.25, 0.3) is 11.3 Å². The van der Waals surface area contributed by atoms with E-state index in [9.17, 15) is 4.39 Å². The standard InChI is InChI=1S/C15H19BrFN3/c1-4-7-20-14(18)13(19-15(20)9(2)3)10-5-6-12(17)11(16)8-10/h5-6,8-9H,4,7,18H2,1-3H3. The third-order valence-corrected chi connectivity index (χ3v) is 3.80. The second-order valence-corrected chi connectivity index (χ2v) is 5.99. The van der Waals surface area contributed by atoms with Crippen LogP contribution in [0.4, 0.5) is 10.2 Å². The Morgan fingerprint density at radius 3 is 2.65 bits per heavy atom. The maximum Gasteiger partial charge on any atom is 0.137 e. The van der Waals surface area contributed by atoms with E-state index in [0.29, 0.717) is 16.2 Å². The van der Waals surface area contributed by atoms with Crippen LogP contribution in [0, 0.1) is 5.82 Å². The van der Waals surface area contributed by atoms with Crippen molar-refractivity contribution in [3.63, 3.8) is 0 Å². The molecule has 1 aromatic carbocycles. The Kier molecular flexibility index (Phi) is 4.48. The SMILES string of the molecule is CCCn1c(C(C)C)nc(-c2ccc(F)c(Br)c2)c1N. The number of hydrogen-bond donors (Lipinski definition) is 1. The van der Waals surface area contributed by atoms with Crippen LogP contribution in [0.15, 0.2) is 22.7 Å². The number of hydrogen-bond acceptors (Lipinski definition) is 2. The van der Waals surface area contributed by atoms with E-state index in [2.05, 4.69) is 46.3 Å². The van der Waals surface area contributed by atoms with Crippen LogP contribution in [0.1, 0.15) is 38.9 Å². The Hall–Kier alpha value is -1.36. The van der Waals surface area contributed by atoms with Gasteiger partial charge < -0.3 is 10.3 Å². The van der Waals surface area contributed by atoms with Crippen LogP contribution in [0.2, 0.25) is 0 Å². The molecular formula is C15H19BrFN3. The molecule has 108 valence electrons. The summed E-state index contributed by atoms with van der Waals surface area (Å²) in [6.45, 7) is 7.14. The molecule has 3 nitrogen and oxygen atoms in total. The predicted octanol–water partition coefficient (Wildman–Crippen LogP) is 4.57. The van der Waals surface area contributed by atoms with Gasteiger partial charge in [0.2, 0.25) is 0 Å². The van der Waals surface area contributed by atoms with Gasteiger partial charge in [-0.1, -0.05) is 20.8 Å². The largest absolute Gasteiger partial charge is 0.383 e. The number of nitrogens with two attached hydrogens (primary N) is 1. The Morgan fingerprint density at radius 2 is 2.10 bits per heavy atom. The lowest BCUT2D eigenvalue weighted by Gasteiger charge is -2.10. The first-order valence-electron chi connectivity index (χ1n) is 6.77. The van der Waals surface area contributed by atoms with Crippen molar-refractivity contribution < 1.29 is 4.39 Å². The zero-order chi connectivity index (χ0) is 14.9. The molecule has 1 heterocycles. The number of anilines is 1. The van der Waals surface area contributed by atoms with Crippen LogP contribution in [0.5, 0.6) is 0 Å². The number of benzene rings is 1. The van der Waals surface area contributed by atoms with E-state index >= 15 is 0 Å². The van der Waals surface area contributed by atoms with Crippen molar-refractivity contribution in [2.24, 2.45) is 0 Å². The smallest absolute Gasteiger partial charge is 0.137 e. The molecule has 0 unspecified atom stereocenters. The Balaban J connectivity index is 2.56. The van der Waals surface area contributed by atoms with Crippen molar-refractivity contribution in [3.8, 4) is 11.3 Å². The third-order valence-electron chi connectivity index (χ3n) is 3.19. The van der Waals surface area contributed by atoms with E-state index in [-0.39, 0.29) is 5.82 Å². The summed E-state index contributed by atoms with van der Waals surface area (Å²) in [6, 6.07) is 4.85. The summed E-state index contributed by atoms with van der Waals surface area (Å²) in [4.78, 5) is 4.66. The minimum Gasteiger partial charge on any atom is -0.383 e. The molecule has 2 rings (SSSR count).